The highest BCUT2D eigenvalue weighted by Crippen LogP contribution is 2.40. The maximum absolute atomic E-state index is 12.5. The fraction of sp³-hybridized carbons (Fsp3) is 0.632. The van der Waals surface area contributed by atoms with Gasteiger partial charge in [-0.15, -0.1) is 11.3 Å². The molecule has 2 N–H and O–H groups in total. The van der Waals surface area contributed by atoms with Crippen LogP contribution in [0.15, 0.2) is 0 Å². The molecule has 1 aromatic rings. The Morgan fingerprint density at radius 1 is 1.30 bits per heavy atom. The molecule has 0 saturated carbocycles. The summed E-state index contributed by atoms with van der Waals surface area (Å²) in [6.45, 7) is 4.67. The first-order valence-electron chi connectivity index (χ1n) is 9.35. The minimum absolute atomic E-state index is 0.0342. The molecule has 0 radical (unpaired) electrons. The zero-order valence-electron chi connectivity index (χ0n) is 16.8. The summed E-state index contributed by atoms with van der Waals surface area (Å²) in [6, 6.07) is 0. The van der Waals surface area contributed by atoms with E-state index in [0.717, 1.165) is 34.6 Å². The summed E-state index contributed by atoms with van der Waals surface area (Å²) in [6.07, 6.45) is 2.79. The number of fused-ring (bicyclic) bond motifs is 1. The normalized spacial score (nSPS) is 17.0. The van der Waals surface area contributed by atoms with E-state index in [1.807, 2.05) is 0 Å². The van der Waals surface area contributed by atoms with Crippen LogP contribution in [0.4, 0.5) is 5.00 Å². The van der Waals surface area contributed by atoms with Crippen LogP contribution < -0.4 is 10.2 Å². The number of rotatable bonds is 7. The smallest absolute Gasteiger partial charge is 0.341 e. The Balaban J connectivity index is 2.14. The van der Waals surface area contributed by atoms with Crippen molar-refractivity contribution in [2.75, 3.05) is 46.2 Å². The Labute approximate surface area is 164 Å². The monoisotopic (exact) mass is 396 g/mol. The molecule has 0 bridgehead atoms. The average molecular weight is 397 g/mol. The van der Waals surface area contributed by atoms with Gasteiger partial charge in [0.1, 0.15) is 5.00 Å². The highest BCUT2D eigenvalue weighted by Gasteiger charge is 2.29. The van der Waals surface area contributed by atoms with Crippen molar-refractivity contribution in [3.8, 4) is 0 Å². The number of esters is 1. The molecule has 0 spiro atoms. The molecular weight excluding hydrogens is 366 g/mol. The lowest BCUT2D eigenvalue weighted by molar-refractivity contribution is -0.862. The average Bonchev–Trinajstić information content (AvgIpc) is 2.91. The summed E-state index contributed by atoms with van der Waals surface area (Å²) < 4.78 is 5.22. The van der Waals surface area contributed by atoms with Crippen molar-refractivity contribution in [1.29, 1.82) is 0 Å². The number of thiophene rings is 1. The SMILES string of the molecule is CCOC(=O)c1c(NC(=O)C[NH+](C)CC(=O)N(C)C)sc2c1CC[C@H](C)C2. The van der Waals surface area contributed by atoms with Crippen LogP contribution in [0.5, 0.6) is 0 Å². The summed E-state index contributed by atoms with van der Waals surface area (Å²) in [5.41, 5.74) is 1.54. The van der Waals surface area contributed by atoms with Crippen molar-refractivity contribution >= 4 is 34.1 Å². The zero-order chi connectivity index (χ0) is 20.1. The van der Waals surface area contributed by atoms with Crippen LogP contribution in [0.25, 0.3) is 0 Å². The first-order valence-corrected chi connectivity index (χ1v) is 10.2. The summed E-state index contributed by atoms with van der Waals surface area (Å²) in [5, 5.41) is 3.46. The van der Waals surface area contributed by atoms with Gasteiger partial charge in [0.25, 0.3) is 11.8 Å². The van der Waals surface area contributed by atoms with Gasteiger partial charge < -0.3 is 19.9 Å². The molecule has 0 aliphatic heterocycles. The lowest BCUT2D eigenvalue weighted by Crippen LogP contribution is -3.11. The lowest BCUT2D eigenvalue weighted by atomic mass is 9.88. The molecule has 1 aliphatic carbocycles. The number of quaternary nitrogens is 1. The predicted molar refractivity (Wildman–Crippen MR) is 105 cm³/mol. The molecule has 2 atom stereocenters. The predicted octanol–water partition coefficient (Wildman–Crippen LogP) is 0.591. The van der Waals surface area contributed by atoms with Gasteiger partial charge in [-0.25, -0.2) is 4.79 Å². The molecule has 2 rings (SSSR count). The molecule has 1 aromatic heterocycles. The Kier molecular flexibility index (Phi) is 7.38. The minimum Gasteiger partial charge on any atom is -0.462 e. The van der Waals surface area contributed by atoms with Crippen molar-refractivity contribution in [1.82, 2.24) is 4.90 Å². The van der Waals surface area contributed by atoms with Crippen molar-refractivity contribution in [2.45, 2.75) is 33.1 Å². The second-order valence-electron chi connectivity index (χ2n) is 7.42. The van der Waals surface area contributed by atoms with Crippen LogP contribution in [-0.2, 0) is 27.2 Å². The van der Waals surface area contributed by atoms with E-state index in [2.05, 4.69) is 12.2 Å². The van der Waals surface area contributed by atoms with Crippen LogP contribution in [-0.4, -0.2) is 63.5 Å². The fourth-order valence-electron chi connectivity index (χ4n) is 3.18. The van der Waals surface area contributed by atoms with Crippen LogP contribution in [0.2, 0.25) is 0 Å². The van der Waals surface area contributed by atoms with Gasteiger partial charge >= 0.3 is 5.97 Å². The number of ether oxygens (including phenoxy) is 1. The van der Waals surface area contributed by atoms with E-state index in [-0.39, 0.29) is 30.9 Å². The first kappa shape index (κ1) is 21.4. The van der Waals surface area contributed by atoms with Crippen molar-refractivity contribution < 1.29 is 24.0 Å². The van der Waals surface area contributed by atoms with E-state index >= 15 is 0 Å². The second kappa shape index (κ2) is 9.32. The third-order valence-electron chi connectivity index (χ3n) is 4.66. The molecule has 1 aliphatic rings. The maximum Gasteiger partial charge on any atom is 0.341 e. The quantitative estimate of drug-likeness (QED) is 0.661. The molecule has 0 aromatic carbocycles. The highest BCUT2D eigenvalue weighted by molar-refractivity contribution is 7.17. The Morgan fingerprint density at radius 2 is 2.00 bits per heavy atom. The van der Waals surface area contributed by atoms with Gasteiger partial charge in [0.2, 0.25) is 0 Å². The fourth-order valence-corrected chi connectivity index (χ4v) is 4.60. The summed E-state index contributed by atoms with van der Waals surface area (Å²) in [5.74, 6) is -0.0463. The number of nitrogens with zero attached hydrogens (tertiary/aromatic N) is 1. The van der Waals surface area contributed by atoms with Gasteiger partial charge in [0, 0.05) is 19.0 Å². The van der Waals surface area contributed by atoms with Crippen molar-refractivity contribution in [3.05, 3.63) is 16.0 Å². The van der Waals surface area contributed by atoms with Crippen LogP contribution in [0.3, 0.4) is 0 Å². The number of carbonyl (C=O) groups is 3. The maximum atomic E-state index is 12.5. The number of amides is 2. The molecule has 150 valence electrons. The topological polar surface area (TPSA) is 80.1 Å². The first-order chi connectivity index (χ1) is 12.7. The number of likely N-dealkylation sites (N-methyl/N-ethyl adjacent to an activating group) is 2. The molecular formula is C19H30N3O4S+. The van der Waals surface area contributed by atoms with Crippen LogP contribution in [0, 0.1) is 5.92 Å². The Hall–Kier alpha value is -1.93. The Morgan fingerprint density at radius 3 is 2.63 bits per heavy atom. The molecule has 0 fully saturated rings. The van der Waals surface area contributed by atoms with Gasteiger partial charge in [-0.05, 0) is 37.7 Å². The van der Waals surface area contributed by atoms with E-state index in [1.165, 1.54) is 16.2 Å². The molecule has 8 heteroatoms. The highest BCUT2D eigenvalue weighted by atomic mass is 32.1. The number of anilines is 1. The summed E-state index contributed by atoms with van der Waals surface area (Å²) in [4.78, 5) is 40.2. The number of hydrogen-bond acceptors (Lipinski definition) is 5. The largest absolute Gasteiger partial charge is 0.462 e. The summed E-state index contributed by atoms with van der Waals surface area (Å²) in [7, 11) is 5.19. The van der Waals surface area contributed by atoms with Gasteiger partial charge in [-0.3, -0.25) is 9.59 Å². The molecule has 1 unspecified atom stereocenters. The Bertz CT molecular complexity index is 714. The van der Waals surface area contributed by atoms with E-state index in [9.17, 15) is 14.4 Å². The van der Waals surface area contributed by atoms with Crippen molar-refractivity contribution in [3.63, 3.8) is 0 Å². The third kappa shape index (κ3) is 5.52. The summed E-state index contributed by atoms with van der Waals surface area (Å²) >= 11 is 1.48. The van der Waals surface area contributed by atoms with E-state index in [4.69, 9.17) is 4.74 Å². The molecule has 7 nitrogen and oxygen atoms in total. The van der Waals surface area contributed by atoms with Gasteiger partial charge in [0.15, 0.2) is 13.1 Å². The second-order valence-corrected chi connectivity index (χ2v) is 8.53. The van der Waals surface area contributed by atoms with Gasteiger partial charge in [-0.2, -0.15) is 0 Å². The molecule has 1 heterocycles. The van der Waals surface area contributed by atoms with Crippen LogP contribution >= 0.6 is 11.3 Å². The van der Waals surface area contributed by atoms with Crippen LogP contribution in [0.1, 0.15) is 41.1 Å². The number of carbonyl (C=O) groups excluding carboxylic acids is 3. The van der Waals surface area contributed by atoms with E-state index in [1.54, 1.807) is 28.1 Å². The minimum atomic E-state index is -0.372. The number of hydrogen-bond donors (Lipinski definition) is 2. The molecule has 27 heavy (non-hydrogen) atoms. The zero-order valence-corrected chi connectivity index (χ0v) is 17.6. The lowest BCUT2D eigenvalue weighted by Gasteiger charge is -2.18. The standard InChI is InChI=1S/C19H29N3O4S/c1-6-26-19(25)17-13-8-7-12(2)9-14(13)27-18(17)20-15(23)10-22(5)11-16(24)21(3)4/h12H,6-11H2,1-5H3,(H,20,23)/p+1/t12-/m0/s1. The van der Waals surface area contributed by atoms with Gasteiger partial charge in [-0.1, -0.05) is 6.92 Å². The number of nitrogens with one attached hydrogen (secondary N) is 2. The van der Waals surface area contributed by atoms with E-state index in [0.29, 0.717) is 23.1 Å². The van der Waals surface area contributed by atoms with E-state index < -0.39 is 0 Å². The van der Waals surface area contributed by atoms with Crippen molar-refractivity contribution in [2.24, 2.45) is 5.92 Å². The molecule has 2 amide bonds. The third-order valence-corrected chi connectivity index (χ3v) is 5.83. The van der Waals surface area contributed by atoms with Gasteiger partial charge in [0.05, 0.1) is 19.2 Å². The molecule has 0 saturated heterocycles.